The molecule has 2 atom stereocenters. The lowest BCUT2D eigenvalue weighted by Gasteiger charge is -2.08. The molecule has 0 aliphatic heterocycles. The fraction of sp³-hybridized carbons (Fsp3) is 0.444. The van der Waals surface area contributed by atoms with Gasteiger partial charge < -0.3 is 4.74 Å². The first-order valence-electron chi connectivity index (χ1n) is 3.70. The highest BCUT2D eigenvalue weighted by Gasteiger charge is 2.17. The van der Waals surface area contributed by atoms with Crippen molar-refractivity contribution in [2.45, 2.75) is 19.4 Å². The minimum Gasteiger partial charge on any atom is -0.458 e. The number of allylic oxidation sites excluding steroid dienone is 2. The summed E-state index contributed by atoms with van der Waals surface area (Å²) in [5.74, 6) is 0.156. The molecule has 0 amide bonds. The third kappa shape index (κ3) is 2.22. The van der Waals surface area contributed by atoms with E-state index in [4.69, 9.17) is 4.74 Å². The van der Waals surface area contributed by atoms with E-state index in [1.807, 2.05) is 18.2 Å². The molecule has 0 aromatic heterocycles. The first-order valence-corrected chi connectivity index (χ1v) is 3.70. The van der Waals surface area contributed by atoms with Crippen molar-refractivity contribution in [3.8, 4) is 0 Å². The zero-order valence-corrected chi connectivity index (χ0v) is 6.62. The van der Waals surface area contributed by atoms with Gasteiger partial charge in [-0.1, -0.05) is 12.2 Å². The van der Waals surface area contributed by atoms with Gasteiger partial charge in [0, 0.05) is 6.92 Å². The number of hydrogen-bond acceptors (Lipinski definition) is 2. The summed E-state index contributed by atoms with van der Waals surface area (Å²) in [5.41, 5.74) is 0. The quantitative estimate of drug-likeness (QED) is 0.444. The summed E-state index contributed by atoms with van der Waals surface area (Å²) < 4.78 is 4.97. The molecule has 60 valence electrons. The molecule has 0 N–H and O–H groups in total. The Morgan fingerprint density at radius 3 is 2.91 bits per heavy atom. The van der Waals surface area contributed by atoms with Crippen molar-refractivity contribution >= 4 is 5.97 Å². The first-order chi connectivity index (χ1) is 5.22. The monoisotopic (exact) mass is 152 g/mol. The smallest absolute Gasteiger partial charge is 0.303 e. The zero-order chi connectivity index (χ0) is 8.27. The number of carbonyl (C=O) groups excluding carboxylic acids is 1. The SMILES string of the molecule is C=C[C@H]1C=C[C@@H](OC(C)=O)C1. The van der Waals surface area contributed by atoms with Gasteiger partial charge in [-0.05, 0) is 18.4 Å². The van der Waals surface area contributed by atoms with Crippen LogP contribution in [0.4, 0.5) is 0 Å². The van der Waals surface area contributed by atoms with E-state index in [2.05, 4.69) is 6.58 Å². The van der Waals surface area contributed by atoms with Crippen LogP contribution >= 0.6 is 0 Å². The molecule has 0 fully saturated rings. The van der Waals surface area contributed by atoms with Crippen molar-refractivity contribution in [2.24, 2.45) is 5.92 Å². The molecule has 0 aromatic carbocycles. The minimum absolute atomic E-state index is 0.0319. The van der Waals surface area contributed by atoms with Crippen LogP contribution in [0.15, 0.2) is 24.8 Å². The number of carbonyl (C=O) groups is 1. The topological polar surface area (TPSA) is 26.3 Å². The van der Waals surface area contributed by atoms with Crippen LogP contribution in [-0.4, -0.2) is 12.1 Å². The molecule has 0 radical (unpaired) electrons. The van der Waals surface area contributed by atoms with Gasteiger partial charge in [-0.3, -0.25) is 4.79 Å². The largest absolute Gasteiger partial charge is 0.458 e. The lowest BCUT2D eigenvalue weighted by Crippen LogP contribution is -2.11. The van der Waals surface area contributed by atoms with E-state index in [9.17, 15) is 4.79 Å². The van der Waals surface area contributed by atoms with Crippen LogP contribution in [-0.2, 0) is 9.53 Å². The summed E-state index contributed by atoms with van der Waals surface area (Å²) in [5, 5.41) is 0. The van der Waals surface area contributed by atoms with Crippen molar-refractivity contribution in [3.05, 3.63) is 24.8 Å². The molecule has 0 spiro atoms. The average Bonchev–Trinajstić information content (AvgIpc) is 2.34. The Labute approximate surface area is 66.5 Å². The fourth-order valence-electron chi connectivity index (χ4n) is 1.17. The number of hydrogen-bond donors (Lipinski definition) is 0. The Morgan fingerprint density at radius 1 is 1.73 bits per heavy atom. The van der Waals surface area contributed by atoms with Gasteiger partial charge in [0.05, 0.1) is 0 Å². The lowest BCUT2D eigenvalue weighted by atomic mass is 10.1. The molecule has 0 bridgehead atoms. The van der Waals surface area contributed by atoms with E-state index in [-0.39, 0.29) is 12.1 Å². The second-order valence-corrected chi connectivity index (χ2v) is 2.67. The third-order valence-corrected chi connectivity index (χ3v) is 1.70. The maximum absolute atomic E-state index is 10.5. The molecule has 0 saturated carbocycles. The van der Waals surface area contributed by atoms with Gasteiger partial charge >= 0.3 is 5.97 Å². The Morgan fingerprint density at radius 2 is 2.45 bits per heavy atom. The highest BCUT2D eigenvalue weighted by Crippen LogP contribution is 2.20. The fourth-order valence-corrected chi connectivity index (χ4v) is 1.17. The highest BCUT2D eigenvalue weighted by atomic mass is 16.5. The molecule has 0 heterocycles. The predicted octanol–water partition coefficient (Wildman–Crippen LogP) is 1.68. The predicted molar refractivity (Wildman–Crippen MR) is 43.0 cm³/mol. The lowest BCUT2D eigenvalue weighted by molar-refractivity contribution is -0.144. The Bertz CT molecular complexity index is 194. The van der Waals surface area contributed by atoms with Crippen molar-refractivity contribution in [1.29, 1.82) is 0 Å². The van der Waals surface area contributed by atoms with Gasteiger partial charge in [0.1, 0.15) is 6.10 Å². The van der Waals surface area contributed by atoms with E-state index in [0.29, 0.717) is 5.92 Å². The third-order valence-electron chi connectivity index (χ3n) is 1.70. The van der Waals surface area contributed by atoms with Crippen LogP contribution in [0.25, 0.3) is 0 Å². The maximum Gasteiger partial charge on any atom is 0.303 e. The number of esters is 1. The minimum atomic E-state index is -0.218. The molecular formula is C9H12O2. The molecule has 1 aliphatic rings. The molecule has 2 nitrogen and oxygen atoms in total. The highest BCUT2D eigenvalue weighted by molar-refractivity contribution is 5.66. The maximum atomic E-state index is 10.5. The van der Waals surface area contributed by atoms with Crippen molar-refractivity contribution in [1.82, 2.24) is 0 Å². The van der Waals surface area contributed by atoms with Crippen LogP contribution in [0.2, 0.25) is 0 Å². The standard InChI is InChI=1S/C9H12O2/c1-3-8-4-5-9(6-8)11-7(2)10/h3-5,8-9H,1,6H2,2H3/t8-,9+/m0/s1. The summed E-state index contributed by atoms with van der Waals surface area (Å²) in [7, 11) is 0. The summed E-state index contributed by atoms with van der Waals surface area (Å²) in [6.07, 6.45) is 6.60. The van der Waals surface area contributed by atoms with Crippen LogP contribution in [0.5, 0.6) is 0 Å². The summed E-state index contributed by atoms with van der Waals surface area (Å²) in [4.78, 5) is 10.5. The van der Waals surface area contributed by atoms with E-state index >= 15 is 0 Å². The summed E-state index contributed by atoms with van der Waals surface area (Å²) >= 11 is 0. The average molecular weight is 152 g/mol. The van der Waals surface area contributed by atoms with Crippen LogP contribution in [0.3, 0.4) is 0 Å². The van der Waals surface area contributed by atoms with Crippen LogP contribution in [0.1, 0.15) is 13.3 Å². The second kappa shape index (κ2) is 3.37. The van der Waals surface area contributed by atoms with Crippen molar-refractivity contribution in [3.63, 3.8) is 0 Å². The number of rotatable bonds is 2. The first kappa shape index (κ1) is 8.05. The van der Waals surface area contributed by atoms with Crippen molar-refractivity contribution in [2.75, 3.05) is 0 Å². The van der Waals surface area contributed by atoms with Crippen LogP contribution in [0, 0.1) is 5.92 Å². The molecule has 2 heteroatoms. The molecule has 0 saturated heterocycles. The van der Waals surface area contributed by atoms with Gasteiger partial charge in [-0.25, -0.2) is 0 Å². The van der Waals surface area contributed by atoms with Gasteiger partial charge in [0.2, 0.25) is 0 Å². The second-order valence-electron chi connectivity index (χ2n) is 2.67. The summed E-state index contributed by atoms with van der Waals surface area (Å²) in [6, 6.07) is 0. The molecular weight excluding hydrogens is 140 g/mol. The molecule has 1 aliphatic carbocycles. The van der Waals surface area contributed by atoms with Gasteiger partial charge in [0.25, 0.3) is 0 Å². The van der Waals surface area contributed by atoms with E-state index in [1.54, 1.807) is 0 Å². The molecule has 0 unspecified atom stereocenters. The van der Waals surface area contributed by atoms with Crippen LogP contribution < -0.4 is 0 Å². The molecule has 11 heavy (non-hydrogen) atoms. The Hall–Kier alpha value is -1.05. The van der Waals surface area contributed by atoms with E-state index < -0.39 is 0 Å². The molecule has 0 aromatic rings. The zero-order valence-electron chi connectivity index (χ0n) is 6.62. The Kier molecular flexibility index (Phi) is 2.47. The van der Waals surface area contributed by atoms with E-state index in [1.165, 1.54) is 6.92 Å². The van der Waals surface area contributed by atoms with E-state index in [0.717, 1.165) is 6.42 Å². The van der Waals surface area contributed by atoms with Crippen molar-refractivity contribution < 1.29 is 9.53 Å². The van der Waals surface area contributed by atoms with Gasteiger partial charge in [0.15, 0.2) is 0 Å². The van der Waals surface area contributed by atoms with Gasteiger partial charge in [-0.15, -0.1) is 6.58 Å². The Balaban J connectivity index is 2.37. The number of ether oxygens (including phenoxy) is 1. The summed E-state index contributed by atoms with van der Waals surface area (Å²) in [6.45, 7) is 5.09. The normalized spacial score (nSPS) is 28.5. The van der Waals surface area contributed by atoms with Gasteiger partial charge in [-0.2, -0.15) is 0 Å². The molecule has 1 rings (SSSR count).